The van der Waals surface area contributed by atoms with Gasteiger partial charge in [-0.25, -0.2) is 0 Å². The lowest BCUT2D eigenvalue weighted by atomic mass is 9.95. The normalized spacial score (nSPS) is 13.2. The fraction of sp³-hybridized carbons (Fsp3) is 0.312. The molecular weight excluding hydrogens is 277 g/mol. The third kappa shape index (κ3) is 3.61. The van der Waals surface area contributed by atoms with E-state index in [1.807, 2.05) is 38.1 Å². The van der Waals surface area contributed by atoms with E-state index in [9.17, 15) is 13.2 Å². The number of alkyl halides is 3. The molecule has 2 rings (SSSR count). The van der Waals surface area contributed by atoms with Gasteiger partial charge in [0.25, 0.3) is 0 Å². The molecule has 1 aromatic carbocycles. The molecule has 2 nitrogen and oxygen atoms in total. The van der Waals surface area contributed by atoms with Crippen LogP contribution < -0.4 is 5.32 Å². The summed E-state index contributed by atoms with van der Waals surface area (Å²) in [5.41, 5.74) is 1.31. The van der Waals surface area contributed by atoms with Crippen LogP contribution in [-0.2, 0) is 6.18 Å². The molecule has 0 bridgehead atoms. The van der Waals surface area contributed by atoms with E-state index in [-0.39, 0.29) is 5.56 Å². The smallest absolute Gasteiger partial charge is 0.306 e. The number of pyridine rings is 1. The van der Waals surface area contributed by atoms with E-state index >= 15 is 0 Å². The highest BCUT2D eigenvalue weighted by Gasteiger charge is 2.35. The van der Waals surface area contributed by atoms with Gasteiger partial charge in [0.05, 0.1) is 11.6 Å². The van der Waals surface area contributed by atoms with Crippen LogP contribution >= 0.6 is 0 Å². The van der Waals surface area contributed by atoms with E-state index < -0.39 is 17.8 Å². The summed E-state index contributed by atoms with van der Waals surface area (Å²) in [6.45, 7) is 4.34. The number of nitrogens with zero attached hydrogens (tertiary/aromatic N) is 1. The van der Waals surface area contributed by atoms with Gasteiger partial charge in [0.2, 0.25) is 0 Å². The molecule has 0 aliphatic heterocycles. The summed E-state index contributed by atoms with van der Waals surface area (Å²) in [6.07, 6.45) is -1.93. The summed E-state index contributed by atoms with van der Waals surface area (Å²) in [5.74, 6) is 0. The highest BCUT2D eigenvalue weighted by Crippen LogP contribution is 2.36. The molecule has 0 radical (unpaired) electrons. The number of rotatable bonds is 4. The maximum atomic E-state index is 13.2. The predicted molar refractivity (Wildman–Crippen MR) is 75.9 cm³/mol. The molecule has 1 heterocycles. The third-order valence-electron chi connectivity index (χ3n) is 3.25. The van der Waals surface area contributed by atoms with Crippen molar-refractivity contribution in [1.82, 2.24) is 10.3 Å². The van der Waals surface area contributed by atoms with Crippen LogP contribution in [0.2, 0.25) is 0 Å². The largest absolute Gasteiger partial charge is 0.416 e. The zero-order valence-corrected chi connectivity index (χ0v) is 11.9. The summed E-state index contributed by atoms with van der Waals surface area (Å²) in [7, 11) is 0. The van der Waals surface area contributed by atoms with E-state index in [2.05, 4.69) is 10.3 Å². The van der Waals surface area contributed by atoms with Gasteiger partial charge in [-0.05, 0) is 25.1 Å². The lowest BCUT2D eigenvalue weighted by Crippen LogP contribution is -2.25. The van der Waals surface area contributed by atoms with Gasteiger partial charge >= 0.3 is 6.18 Å². The zero-order chi connectivity index (χ0) is 15.5. The molecule has 1 aromatic heterocycles. The Labute approximate surface area is 122 Å². The molecule has 0 spiro atoms. The summed E-state index contributed by atoms with van der Waals surface area (Å²) < 4.78 is 39.6. The quantitative estimate of drug-likeness (QED) is 0.918. The Hall–Kier alpha value is -1.88. The molecular formula is C16H17F3N2. The Morgan fingerprint density at radius 3 is 2.62 bits per heavy atom. The van der Waals surface area contributed by atoms with Crippen LogP contribution in [0, 0.1) is 6.92 Å². The van der Waals surface area contributed by atoms with Gasteiger partial charge in [-0.2, -0.15) is 13.2 Å². The van der Waals surface area contributed by atoms with E-state index in [0.29, 0.717) is 6.54 Å². The first-order valence-electron chi connectivity index (χ1n) is 6.74. The Morgan fingerprint density at radius 2 is 2.00 bits per heavy atom. The standard InChI is InChI=1S/C16H17F3N2/c1-3-21-15(12-6-4-5-11(2)9-12)13-10-20-8-7-14(13)16(17,18)19/h4-10,15,21H,3H2,1-2H3. The van der Waals surface area contributed by atoms with Gasteiger partial charge in [0, 0.05) is 18.0 Å². The van der Waals surface area contributed by atoms with Gasteiger partial charge in [0.1, 0.15) is 0 Å². The molecule has 0 amide bonds. The molecule has 0 aliphatic rings. The SMILES string of the molecule is CCNC(c1cccc(C)c1)c1cnccc1C(F)(F)F. The fourth-order valence-corrected chi connectivity index (χ4v) is 2.36. The second kappa shape index (κ2) is 6.26. The van der Waals surface area contributed by atoms with E-state index in [1.165, 1.54) is 12.4 Å². The zero-order valence-electron chi connectivity index (χ0n) is 11.9. The lowest BCUT2D eigenvalue weighted by Gasteiger charge is -2.22. The van der Waals surface area contributed by atoms with Crippen molar-refractivity contribution in [2.45, 2.75) is 26.1 Å². The Kier molecular flexibility index (Phi) is 4.63. The van der Waals surface area contributed by atoms with Crippen molar-refractivity contribution in [2.24, 2.45) is 0 Å². The summed E-state index contributed by atoms with van der Waals surface area (Å²) in [4.78, 5) is 3.87. The first-order valence-corrected chi connectivity index (χ1v) is 6.74. The second-order valence-electron chi connectivity index (χ2n) is 4.87. The molecule has 1 atom stereocenters. The number of aryl methyl sites for hydroxylation is 1. The minimum Gasteiger partial charge on any atom is -0.306 e. The van der Waals surface area contributed by atoms with E-state index in [1.54, 1.807) is 0 Å². The molecule has 0 fully saturated rings. The molecule has 0 aliphatic carbocycles. The van der Waals surface area contributed by atoms with E-state index in [4.69, 9.17) is 0 Å². The molecule has 1 unspecified atom stereocenters. The highest BCUT2D eigenvalue weighted by atomic mass is 19.4. The highest BCUT2D eigenvalue weighted by molar-refractivity contribution is 5.38. The monoisotopic (exact) mass is 294 g/mol. The maximum Gasteiger partial charge on any atom is 0.416 e. The first-order chi connectivity index (χ1) is 9.93. The summed E-state index contributed by atoms with van der Waals surface area (Å²) in [6, 6.07) is 7.97. The van der Waals surface area contributed by atoms with Gasteiger partial charge in [-0.3, -0.25) is 4.98 Å². The second-order valence-corrected chi connectivity index (χ2v) is 4.87. The topological polar surface area (TPSA) is 24.9 Å². The van der Waals surface area contributed by atoms with Crippen molar-refractivity contribution in [1.29, 1.82) is 0 Å². The molecule has 5 heteroatoms. The number of halogens is 3. The average molecular weight is 294 g/mol. The third-order valence-corrected chi connectivity index (χ3v) is 3.25. The number of hydrogen-bond donors (Lipinski definition) is 1. The molecule has 21 heavy (non-hydrogen) atoms. The van der Waals surface area contributed by atoms with Crippen molar-refractivity contribution >= 4 is 0 Å². The van der Waals surface area contributed by atoms with Crippen LogP contribution in [-0.4, -0.2) is 11.5 Å². The van der Waals surface area contributed by atoms with Gasteiger partial charge in [0.15, 0.2) is 0 Å². The number of hydrogen-bond acceptors (Lipinski definition) is 2. The first kappa shape index (κ1) is 15.5. The van der Waals surface area contributed by atoms with Crippen LogP contribution in [0.25, 0.3) is 0 Å². The Balaban J connectivity index is 2.54. The number of aromatic nitrogens is 1. The molecule has 2 aromatic rings. The van der Waals surface area contributed by atoms with Crippen LogP contribution in [0.4, 0.5) is 13.2 Å². The molecule has 1 N–H and O–H groups in total. The predicted octanol–water partition coefficient (Wildman–Crippen LogP) is 4.11. The van der Waals surface area contributed by atoms with Crippen molar-refractivity contribution < 1.29 is 13.2 Å². The molecule has 0 saturated carbocycles. The summed E-state index contributed by atoms with van der Waals surface area (Å²) >= 11 is 0. The minimum absolute atomic E-state index is 0.150. The molecule has 0 saturated heterocycles. The van der Waals surface area contributed by atoms with Crippen molar-refractivity contribution in [3.8, 4) is 0 Å². The van der Waals surface area contributed by atoms with Crippen molar-refractivity contribution in [3.63, 3.8) is 0 Å². The Morgan fingerprint density at radius 1 is 1.24 bits per heavy atom. The van der Waals surface area contributed by atoms with Crippen LogP contribution in [0.15, 0.2) is 42.7 Å². The van der Waals surface area contributed by atoms with Gasteiger partial charge in [-0.15, -0.1) is 0 Å². The van der Waals surface area contributed by atoms with Crippen LogP contribution in [0.1, 0.15) is 35.2 Å². The van der Waals surface area contributed by atoms with Crippen molar-refractivity contribution in [2.75, 3.05) is 6.54 Å². The Bertz CT molecular complexity index is 608. The average Bonchev–Trinajstić information content (AvgIpc) is 2.44. The molecule has 112 valence electrons. The van der Waals surface area contributed by atoms with E-state index in [0.717, 1.165) is 17.2 Å². The van der Waals surface area contributed by atoms with Crippen LogP contribution in [0.3, 0.4) is 0 Å². The van der Waals surface area contributed by atoms with Crippen molar-refractivity contribution in [3.05, 3.63) is 65.0 Å². The maximum absolute atomic E-state index is 13.2. The number of nitrogens with one attached hydrogen (secondary N) is 1. The summed E-state index contributed by atoms with van der Waals surface area (Å²) in [5, 5.41) is 3.11. The van der Waals surface area contributed by atoms with Gasteiger partial charge in [-0.1, -0.05) is 36.8 Å². The fourth-order valence-electron chi connectivity index (χ4n) is 2.36. The minimum atomic E-state index is -4.39. The lowest BCUT2D eigenvalue weighted by molar-refractivity contribution is -0.138. The van der Waals surface area contributed by atoms with Gasteiger partial charge < -0.3 is 5.32 Å². The van der Waals surface area contributed by atoms with Crippen LogP contribution in [0.5, 0.6) is 0 Å². The number of benzene rings is 1.